The van der Waals surface area contributed by atoms with Crippen LogP contribution in [0.15, 0.2) is 28.8 Å². The molecule has 3 rings (SSSR count). The molecule has 0 bridgehead atoms. The fraction of sp³-hybridized carbons (Fsp3) is 0.333. The molecule has 1 aromatic heterocycles. The van der Waals surface area contributed by atoms with E-state index in [2.05, 4.69) is 5.16 Å². The summed E-state index contributed by atoms with van der Waals surface area (Å²) in [7, 11) is 0. The molecule has 8 heteroatoms. The van der Waals surface area contributed by atoms with Crippen LogP contribution >= 0.6 is 11.6 Å². The van der Waals surface area contributed by atoms with E-state index in [0.29, 0.717) is 23.8 Å². The number of carbonyl (C=O) groups is 1. The van der Waals surface area contributed by atoms with Crippen LogP contribution in [0.4, 0.5) is 11.4 Å². The number of amides is 1. The predicted molar refractivity (Wildman–Crippen MR) is 83.7 cm³/mol. The van der Waals surface area contributed by atoms with Gasteiger partial charge >= 0.3 is 0 Å². The number of aryl methyl sites for hydroxylation is 1. The Kier molecular flexibility index (Phi) is 4.04. The van der Waals surface area contributed by atoms with Crippen molar-refractivity contribution in [3.05, 3.63) is 50.9 Å². The molecule has 1 aliphatic carbocycles. The summed E-state index contributed by atoms with van der Waals surface area (Å²) in [5.74, 6) is 0.146. The Balaban J connectivity index is 1.97. The van der Waals surface area contributed by atoms with Crippen molar-refractivity contribution >= 4 is 28.9 Å². The first-order valence-electron chi connectivity index (χ1n) is 7.15. The number of carbonyl (C=O) groups excluding carboxylic acids is 1. The molecule has 1 fully saturated rings. The summed E-state index contributed by atoms with van der Waals surface area (Å²) in [6.07, 6.45) is 2.07. The summed E-state index contributed by atoms with van der Waals surface area (Å²) < 4.78 is 5.03. The van der Waals surface area contributed by atoms with Crippen LogP contribution in [0, 0.1) is 23.0 Å². The molecule has 0 aliphatic heterocycles. The van der Waals surface area contributed by atoms with Crippen molar-refractivity contribution in [1.29, 1.82) is 0 Å². The quantitative estimate of drug-likeness (QED) is 0.615. The molecule has 1 saturated carbocycles. The highest BCUT2D eigenvalue weighted by Gasteiger charge is 2.31. The van der Waals surface area contributed by atoms with Crippen LogP contribution in [0.2, 0.25) is 5.02 Å². The standard InChI is InChI=1S/C15H14ClN3O4/c1-9-6-14(23-17-9)15(20)18(8-10-2-3-10)11-4-5-12(16)13(7-11)19(21)22/h4-7,10H,2-3,8H2,1H3. The Morgan fingerprint density at radius 2 is 2.22 bits per heavy atom. The number of rotatable bonds is 5. The molecule has 1 aromatic carbocycles. The van der Waals surface area contributed by atoms with Crippen LogP contribution in [0.5, 0.6) is 0 Å². The molecule has 7 nitrogen and oxygen atoms in total. The Morgan fingerprint density at radius 1 is 1.48 bits per heavy atom. The fourth-order valence-corrected chi connectivity index (χ4v) is 2.46. The Morgan fingerprint density at radius 3 is 2.78 bits per heavy atom. The lowest BCUT2D eigenvalue weighted by Gasteiger charge is -2.21. The topological polar surface area (TPSA) is 89.5 Å². The number of hydrogen-bond donors (Lipinski definition) is 0. The number of halogens is 1. The minimum Gasteiger partial charge on any atom is -0.351 e. The maximum absolute atomic E-state index is 12.7. The van der Waals surface area contributed by atoms with E-state index >= 15 is 0 Å². The molecule has 1 heterocycles. The van der Waals surface area contributed by atoms with Gasteiger partial charge in [0.15, 0.2) is 0 Å². The molecule has 1 amide bonds. The summed E-state index contributed by atoms with van der Waals surface area (Å²) in [6.45, 7) is 2.20. The van der Waals surface area contributed by atoms with E-state index in [0.717, 1.165) is 12.8 Å². The van der Waals surface area contributed by atoms with E-state index < -0.39 is 4.92 Å². The number of benzene rings is 1. The lowest BCUT2D eigenvalue weighted by Crippen LogP contribution is -2.32. The SMILES string of the molecule is Cc1cc(C(=O)N(CC2CC2)c2ccc(Cl)c([N+](=O)[O-])c2)on1. The molecular weight excluding hydrogens is 322 g/mol. The first-order chi connectivity index (χ1) is 11.0. The van der Waals surface area contributed by atoms with Crippen molar-refractivity contribution < 1.29 is 14.2 Å². The number of nitro benzene ring substituents is 1. The molecule has 0 radical (unpaired) electrons. The average molecular weight is 336 g/mol. The van der Waals surface area contributed by atoms with Crippen LogP contribution in [0.25, 0.3) is 0 Å². The summed E-state index contributed by atoms with van der Waals surface area (Å²) >= 11 is 5.84. The van der Waals surface area contributed by atoms with Crippen LogP contribution in [-0.4, -0.2) is 22.5 Å². The molecule has 0 spiro atoms. The fourth-order valence-electron chi connectivity index (χ4n) is 2.27. The van der Waals surface area contributed by atoms with Crippen LogP contribution < -0.4 is 4.90 Å². The second-order valence-corrected chi connectivity index (χ2v) is 5.99. The first-order valence-corrected chi connectivity index (χ1v) is 7.52. The van der Waals surface area contributed by atoms with Crippen LogP contribution in [-0.2, 0) is 0 Å². The van der Waals surface area contributed by atoms with E-state index in [1.54, 1.807) is 19.1 Å². The van der Waals surface area contributed by atoms with Gasteiger partial charge in [0.05, 0.1) is 16.3 Å². The number of nitro groups is 1. The van der Waals surface area contributed by atoms with Crippen molar-refractivity contribution in [3.8, 4) is 0 Å². The van der Waals surface area contributed by atoms with Gasteiger partial charge in [0.2, 0.25) is 5.76 Å². The van der Waals surface area contributed by atoms with Crippen molar-refractivity contribution in [2.75, 3.05) is 11.4 Å². The molecule has 120 valence electrons. The van der Waals surface area contributed by atoms with E-state index in [9.17, 15) is 14.9 Å². The van der Waals surface area contributed by atoms with Crippen molar-refractivity contribution in [3.63, 3.8) is 0 Å². The summed E-state index contributed by atoms with van der Waals surface area (Å²) in [5, 5.41) is 14.8. The Labute approximate surface area is 137 Å². The number of nitrogens with zero attached hydrogens (tertiary/aromatic N) is 3. The van der Waals surface area contributed by atoms with Gasteiger partial charge < -0.3 is 9.42 Å². The van der Waals surface area contributed by atoms with E-state index in [4.69, 9.17) is 16.1 Å². The van der Waals surface area contributed by atoms with E-state index in [-0.39, 0.29) is 22.4 Å². The van der Waals surface area contributed by atoms with Crippen LogP contribution in [0.1, 0.15) is 29.1 Å². The second kappa shape index (κ2) is 6.00. The summed E-state index contributed by atoms with van der Waals surface area (Å²) in [6, 6.07) is 5.88. The molecule has 0 saturated heterocycles. The molecular formula is C15H14ClN3O4. The lowest BCUT2D eigenvalue weighted by molar-refractivity contribution is -0.384. The Hall–Kier alpha value is -2.41. The Bertz CT molecular complexity index is 770. The third-order valence-electron chi connectivity index (χ3n) is 3.66. The molecule has 0 atom stereocenters. The molecule has 0 N–H and O–H groups in total. The third-order valence-corrected chi connectivity index (χ3v) is 3.98. The molecule has 2 aromatic rings. The van der Waals surface area contributed by atoms with Crippen molar-refractivity contribution in [1.82, 2.24) is 5.16 Å². The number of hydrogen-bond acceptors (Lipinski definition) is 5. The summed E-state index contributed by atoms with van der Waals surface area (Å²) in [5.41, 5.74) is 0.792. The van der Waals surface area contributed by atoms with Gasteiger partial charge in [-0.1, -0.05) is 16.8 Å². The van der Waals surface area contributed by atoms with Gasteiger partial charge in [-0.25, -0.2) is 0 Å². The molecule has 1 aliphatic rings. The minimum absolute atomic E-state index is 0.0353. The normalized spacial score (nSPS) is 13.8. The zero-order chi connectivity index (χ0) is 16.6. The average Bonchev–Trinajstić information content (AvgIpc) is 3.23. The van der Waals surface area contributed by atoms with E-state index in [1.807, 2.05) is 0 Å². The van der Waals surface area contributed by atoms with Gasteiger partial charge in [-0.2, -0.15) is 0 Å². The van der Waals surface area contributed by atoms with Crippen molar-refractivity contribution in [2.45, 2.75) is 19.8 Å². The monoisotopic (exact) mass is 335 g/mol. The zero-order valence-corrected chi connectivity index (χ0v) is 13.1. The van der Waals surface area contributed by atoms with Gasteiger partial charge in [0.25, 0.3) is 11.6 Å². The number of anilines is 1. The maximum Gasteiger partial charge on any atom is 0.296 e. The smallest absolute Gasteiger partial charge is 0.296 e. The van der Waals surface area contributed by atoms with E-state index in [1.165, 1.54) is 17.0 Å². The molecule has 23 heavy (non-hydrogen) atoms. The highest BCUT2D eigenvalue weighted by atomic mass is 35.5. The summed E-state index contributed by atoms with van der Waals surface area (Å²) in [4.78, 5) is 24.7. The number of aromatic nitrogens is 1. The molecule has 0 unspecified atom stereocenters. The van der Waals surface area contributed by atoms with Gasteiger partial charge in [0, 0.05) is 18.7 Å². The highest BCUT2D eigenvalue weighted by molar-refractivity contribution is 6.32. The van der Waals surface area contributed by atoms with Gasteiger partial charge in [-0.15, -0.1) is 0 Å². The van der Waals surface area contributed by atoms with Gasteiger partial charge in [-0.05, 0) is 37.8 Å². The maximum atomic E-state index is 12.7. The predicted octanol–water partition coefficient (Wildman–Crippen LogP) is 3.60. The van der Waals surface area contributed by atoms with Crippen LogP contribution in [0.3, 0.4) is 0 Å². The first kappa shape index (κ1) is 15.5. The zero-order valence-electron chi connectivity index (χ0n) is 12.4. The second-order valence-electron chi connectivity index (χ2n) is 5.58. The highest BCUT2D eigenvalue weighted by Crippen LogP contribution is 2.35. The minimum atomic E-state index is -0.565. The lowest BCUT2D eigenvalue weighted by atomic mass is 10.2. The van der Waals surface area contributed by atoms with Gasteiger partial charge in [-0.3, -0.25) is 14.9 Å². The van der Waals surface area contributed by atoms with Gasteiger partial charge in [0.1, 0.15) is 5.02 Å². The third kappa shape index (κ3) is 3.34. The largest absolute Gasteiger partial charge is 0.351 e. The van der Waals surface area contributed by atoms with Crippen molar-refractivity contribution in [2.24, 2.45) is 5.92 Å².